The fourth-order valence-electron chi connectivity index (χ4n) is 6.84. The molecule has 0 saturated heterocycles. The van der Waals surface area contributed by atoms with Gasteiger partial charge in [0.05, 0.1) is 5.69 Å². The summed E-state index contributed by atoms with van der Waals surface area (Å²) in [4.78, 5) is 4.89. The molecule has 3 aromatic heterocycles. The summed E-state index contributed by atoms with van der Waals surface area (Å²) in [5.74, 6) is 3.14. The van der Waals surface area contributed by atoms with E-state index in [0.717, 1.165) is 63.3 Å². The van der Waals surface area contributed by atoms with Gasteiger partial charge in [-0.3, -0.25) is 4.68 Å². The Morgan fingerprint density at radius 2 is 1.57 bits per heavy atom. The molecule has 0 saturated carbocycles. The SMILES string of the molecule is Cc1nn(-c2[c-]c(Oc3[c-]c4c(cc3)c3cc(C(C)C(C)(C)C)ccc3n4-c3cc(CCC(C)C)ccn3)ccc2)c(C)c1-c1ccccc1.[Pt+2]. The summed E-state index contributed by atoms with van der Waals surface area (Å²) in [6.45, 7) is 17.9. The molecule has 1 atom stereocenters. The van der Waals surface area contributed by atoms with Crippen LogP contribution in [0, 0.1) is 37.3 Å². The van der Waals surface area contributed by atoms with Gasteiger partial charge in [-0.2, -0.15) is 17.2 Å². The summed E-state index contributed by atoms with van der Waals surface area (Å²) in [7, 11) is 0. The minimum atomic E-state index is 0. The molecule has 0 aliphatic heterocycles. The van der Waals surface area contributed by atoms with Crippen LogP contribution in [0.5, 0.6) is 11.5 Å². The molecule has 1 unspecified atom stereocenters. The molecule has 4 aromatic carbocycles. The van der Waals surface area contributed by atoms with Crippen LogP contribution in [0.15, 0.2) is 97.2 Å². The maximum atomic E-state index is 6.51. The largest absolute Gasteiger partial charge is 2.00 e. The van der Waals surface area contributed by atoms with Crippen molar-refractivity contribution in [1.82, 2.24) is 19.3 Å². The zero-order chi connectivity index (χ0) is 35.2. The Kier molecular flexibility index (Phi) is 10.4. The van der Waals surface area contributed by atoms with E-state index in [9.17, 15) is 0 Å². The zero-order valence-electron chi connectivity index (χ0n) is 30.8. The van der Waals surface area contributed by atoms with E-state index in [-0.39, 0.29) is 26.5 Å². The van der Waals surface area contributed by atoms with E-state index < -0.39 is 0 Å². The van der Waals surface area contributed by atoms with Crippen LogP contribution >= 0.6 is 0 Å². The van der Waals surface area contributed by atoms with Crippen LogP contribution in [-0.2, 0) is 27.5 Å². The Labute approximate surface area is 317 Å². The quantitative estimate of drug-likeness (QED) is 0.136. The molecule has 7 aromatic rings. The molecule has 3 heterocycles. The van der Waals surface area contributed by atoms with Gasteiger partial charge < -0.3 is 9.30 Å². The Bertz CT molecular complexity index is 2310. The Balaban J connectivity index is 0.00000448. The summed E-state index contributed by atoms with van der Waals surface area (Å²) in [6.07, 6.45) is 4.08. The topological polar surface area (TPSA) is 44.9 Å². The first kappa shape index (κ1) is 36.3. The average Bonchev–Trinajstić information content (AvgIpc) is 3.59. The molecule has 0 spiro atoms. The van der Waals surface area contributed by atoms with Gasteiger partial charge in [0.2, 0.25) is 0 Å². The van der Waals surface area contributed by atoms with Crippen molar-refractivity contribution in [2.45, 2.75) is 74.1 Å². The second-order valence-electron chi connectivity index (χ2n) is 15.1. The fraction of sp³-hybridized carbons (Fsp3) is 0.289. The van der Waals surface area contributed by atoms with Crippen LogP contribution in [0.2, 0.25) is 0 Å². The number of fused-ring (bicyclic) bond motifs is 3. The first-order valence-corrected chi connectivity index (χ1v) is 17.8. The van der Waals surface area contributed by atoms with Crippen LogP contribution in [-0.4, -0.2) is 19.3 Å². The van der Waals surface area contributed by atoms with Gasteiger partial charge in [-0.25, -0.2) is 4.98 Å². The Hall–Kier alpha value is -4.47. The molecule has 0 fully saturated rings. The van der Waals surface area contributed by atoms with Gasteiger partial charge in [0.25, 0.3) is 0 Å². The van der Waals surface area contributed by atoms with E-state index in [4.69, 9.17) is 14.8 Å². The van der Waals surface area contributed by atoms with E-state index >= 15 is 0 Å². The third-order valence-corrected chi connectivity index (χ3v) is 10.1. The Morgan fingerprint density at radius 3 is 2.31 bits per heavy atom. The van der Waals surface area contributed by atoms with Crippen molar-refractivity contribution in [3.63, 3.8) is 0 Å². The van der Waals surface area contributed by atoms with Gasteiger partial charge in [0, 0.05) is 34.5 Å². The second-order valence-corrected chi connectivity index (χ2v) is 15.1. The van der Waals surface area contributed by atoms with Gasteiger partial charge in [-0.05, 0) is 89.9 Å². The zero-order valence-corrected chi connectivity index (χ0v) is 33.1. The first-order chi connectivity index (χ1) is 24.0. The molecule has 0 aliphatic rings. The number of pyridine rings is 1. The van der Waals surface area contributed by atoms with Crippen molar-refractivity contribution < 1.29 is 25.8 Å². The molecule has 0 amide bonds. The van der Waals surface area contributed by atoms with Crippen molar-refractivity contribution in [3.05, 3.63) is 132 Å². The van der Waals surface area contributed by atoms with Crippen molar-refractivity contribution in [3.8, 4) is 34.1 Å². The van der Waals surface area contributed by atoms with E-state index in [1.165, 1.54) is 16.5 Å². The minimum Gasteiger partial charge on any atom is -0.509 e. The predicted molar refractivity (Wildman–Crippen MR) is 206 cm³/mol. The second kappa shape index (κ2) is 14.6. The molecule has 0 N–H and O–H groups in total. The van der Waals surface area contributed by atoms with Gasteiger partial charge in [-0.1, -0.05) is 89.5 Å². The van der Waals surface area contributed by atoms with Crippen molar-refractivity contribution >= 4 is 21.8 Å². The summed E-state index contributed by atoms with van der Waals surface area (Å²) < 4.78 is 10.7. The predicted octanol–water partition coefficient (Wildman–Crippen LogP) is 11.8. The van der Waals surface area contributed by atoms with E-state index in [2.05, 4.69) is 133 Å². The molecule has 6 heteroatoms. The minimum absolute atomic E-state index is 0. The van der Waals surface area contributed by atoms with E-state index in [1.807, 2.05) is 41.2 Å². The number of benzene rings is 4. The molecule has 262 valence electrons. The third-order valence-electron chi connectivity index (χ3n) is 10.1. The molecule has 51 heavy (non-hydrogen) atoms. The van der Waals surface area contributed by atoms with Crippen LogP contribution in [0.25, 0.3) is 44.4 Å². The smallest absolute Gasteiger partial charge is 0.509 e. The van der Waals surface area contributed by atoms with E-state index in [0.29, 0.717) is 23.3 Å². The number of rotatable bonds is 9. The van der Waals surface area contributed by atoms with Gasteiger partial charge >= 0.3 is 21.1 Å². The maximum absolute atomic E-state index is 6.51. The van der Waals surface area contributed by atoms with Crippen LogP contribution < -0.4 is 4.74 Å². The number of nitrogens with zero attached hydrogens (tertiary/aromatic N) is 4. The molecule has 7 rings (SSSR count). The standard InChI is InChI=1S/C45H46N4O.Pt/c1-29(2)17-18-33-23-24-46-43(25-33)48-41-22-19-35(30(3)45(6,7)8)26-40(41)39-21-20-38(28-42(39)48)50-37-16-12-15-36(27-37)49-32(5)44(31(4)47-49)34-13-10-9-11-14-34;/h9-16,19-26,29-30H,17-18H2,1-8H3;/q-2;+2. The van der Waals surface area contributed by atoms with E-state index in [1.54, 1.807) is 0 Å². The number of hydrogen-bond acceptors (Lipinski definition) is 3. The number of aromatic nitrogens is 4. The normalized spacial score (nSPS) is 12.4. The van der Waals surface area contributed by atoms with Crippen molar-refractivity contribution in [1.29, 1.82) is 0 Å². The molecular formula is C45H46N4OPt. The molecule has 5 nitrogen and oxygen atoms in total. The molecule has 0 bridgehead atoms. The molecular weight excluding hydrogens is 808 g/mol. The first-order valence-electron chi connectivity index (χ1n) is 17.8. The van der Waals surface area contributed by atoms with Crippen LogP contribution in [0.1, 0.15) is 76.4 Å². The van der Waals surface area contributed by atoms with Gasteiger partial charge in [0.15, 0.2) is 0 Å². The molecule has 0 radical (unpaired) electrons. The molecule has 0 aliphatic carbocycles. The van der Waals surface area contributed by atoms with Crippen molar-refractivity contribution in [2.24, 2.45) is 11.3 Å². The summed E-state index contributed by atoms with van der Waals surface area (Å²) in [5, 5.41) is 7.21. The average molecular weight is 854 g/mol. The number of ether oxygens (including phenoxy) is 1. The van der Waals surface area contributed by atoms with Crippen LogP contribution in [0.3, 0.4) is 0 Å². The number of aryl methyl sites for hydroxylation is 2. The van der Waals surface area contributed by atoms with Crippen molar-refractivity contribution in [2.75, 3.05) is 0 Å². The summed E-state index contributed by atoms with van der Waals surface area (Å²) >= 11 is 0. The number of hydrogen-bond donors (Lipinski definition) is 0. The summed E-state index contributed by atoms with van der Waals surface area (Å²) in [5.41, 5.74) is 9.95. The third kappa shape index (κ3) is 7.32. The monoisotopic (exact) mass is 853 g/mol. The maximum Gasteiger partial charge on any atom is 2.00 e. The Morgan fingerprint density at radius 1 is 0.804 bits per heavy atom. The van der Waals surface area contributed by atoms with Gasteiger partial charge in [0.1, 0.15) is 5.82 Å². The van der Waals surface area contributed by atoms with Gasteiger partial charge in [-0.15, -0.1) is 35.7 Å². The summed E-state index contributed by atoms with van der Waals surface area (Å²) in [6, 6.07) is 38.9. The fourth-order valence-corrected chi connectivity index (χ4v) is 6.84. The van der Waals surface area contributed by atoms with Crippen LogP contribution in [0.4, 0.5) is 0 Å².